The van der Waals surface area contributed by atoms with Crippen LogP contribution in [0.25, 0.3) is 0 Å². The molecule has 5 heteroatoms. The number of hydrogen-bond donors (Lipinski definition) is 2. The van der Waals surface area contributed by atoms with E-state index in [-0.39, 0.29) is 11.8 Å². The van der Waals surface area contributed by atoms with Crippen LogP contribution in [0.4, 0.5) is 4.79 Å². The van der Waals surface area contributed by atoms with Gasteiger partial charge in [0, 0.05) is 6.04 Å². The number of ether oxygens (including phenoxy) is 2. The van der Waals surface area contributed by atoms with Gasteiger partial charge in [0.1, 0.15) is 5.60 Å². The quantitative estimate of drug-likeness (QED) is 0.875. The molecule has 0 aromatic heterocycles. The molecule has 2 N–H and O–H groups in total. The topological polar surface area (TPSA) is 67.8 Å². The minimum atomic E-state index is -0.492. The molecule has 0 spiro atoms. The van der Waals surface area contributed by atoms with Crippen molar-refractivity contribution in [1.29, 1.82) is 0 Å². The van der Waals surface area contributed by atoms with E-state index in [1.54, 1.807) is 12.1 Å². The smallest absolute Gasteiger partial charge is 0.407 e. The van der Waals surface area contributed by atoms with E-state index in [1.807, 2.05) is 33.8 Å². The molecule has 1 amide bonds. The van der Waals surface area contributed by atoms with E-state index in [9.17, 15) is 9.90 Å². The predicted octanol–water partition coefficient (Wildman–Crippen LogP) is 3.25. The lowest BCUT2D eigenvalue weighted by atomic mass is 10.1. The molecule has 1 rings (SSSR count). The SMILES string of the molecule is COc1cc(CCC(C)NC(=O)OC(C)(C)C)ccc1O. The van der Waals surface area contributed by atoms with Gasteiger partial charge in [0.15, 0.2) is 11.5 Å². The summed E-state index contributed by atoms with van der Waals surface area (Å²) in [6.45, 7) is 7.43. The number of carbonyl (C=O) groups excluding carboxylic acids is 1. The van der Waals surface area contributed by atoms with Crippen LogP contribution in [-0.2, 0) is 11.2 Å². The highest BCUT2D eigenvalue weighted by molar-refractivity contribution is 5.68. The summed E-state index contributed by atoms with van der Waals surface area (Å²) in [6.07, 6.45) is 1.14. The molecule has 0 saturated carbocycles. The monoisotopic (exact) mass is 295 g/mol. The molecule has 0 radical (unpaired) electrons. The van der Waals surface area contributed by atoms with Crippen LogP contribution in [-0.4, -0.2) is 30.0 Å². The molecular formula is C16H25NO4. The second-order valence-corrected chi connectivity index (χ2v) is 6.09. The van der Waals surface area contributed by atoms with Crippen LogP contribution in [0.5, 0.6) is 11.5 Å². The van der Waals surface area contributed by atoms with Crippen molar-refractivity contribution in [2.75, 3.05) is 7.11 Å². The lowest BCUT2D eigenvalue weighted by Gasteiger charge is -2.22. The second-order valence-electron chi connectivity index (χ2n) is 6.09. The first-order valence-electron chi connectivity index (χ1n) is 7.06. The van der Waals surface area contributed by atoms with Crippen LogP contribution in [0.15, 0.2) is 18.2 Å². The molecule has 1 aromatic carbocycles. The van der Waals surface area contributed by atoms with Gasteiger partial charge in [-0.3, -0.25) is 0 Å². The maximum atomic E-state index is 11.6. The maximum absolute atomic E-state index is 11.6. The fraction of sp³-hybridized carbons (Fsp3) is 0.562. The van der Waals surface area contributed by atoms with Crippen molar-refractivity contribution < 1.29 is 19.4 Å². The zero-order chi connectivity index (χ0) is 16.0. The molecule has 1 atom stereocenters. The third-order valence-corrected chi connectivity index (χ3v) is 2.87. The summed E-state index contributed by atoms with van der Waals surface area (Å²) in [5.74, 6) is 0.585. The molecule has 21 heavy (non-hydrogen) atoms. The van der Waals surface area contributed by atoms with E-state index in [4.69, 9.17) is 9.47 Å². The normalized spacial score (nSPS) is 12.6. The first-order valence-corrected chi connectivity index (χ1v) is 7.06. The summed E-state index contributed by atoms with van der Waals surface area (Å²) >= 11 is 0. The Labute approximate surface area is 126 Å². The number of aromatic hydroxyl groups is 1. The number of amides is 1. The lowest BCUT2D eigenvalue weighted by Crippen LogP contribution is -2.37. The Morgan fingerprint density at radius 1 is 1.38 bits per heavy atom. The van der Waals surface area contributed by atoms with Gasteiger partial charge in [-0.1, -0.05) is 6.07 Å². The zero-order valence-electron chi connectivity index (χ0n) is 13.4. The number of alkyl carbamates (subject to hydrolysis) is 1. The molecule has 0 bridgehead atoms. The molecule has 5 nitrogen and oxygen atoms in total. The Hall–Kier alpha value is -1.91. The lowest BCUT2D eigenvalue weighted by molar-refractivity contribution is 0.0506. The van der Waals surface area contributed by atoms with Gasteiger partial charge in [0.2, 0.25) is 0 Å². The molecule has 1 unspecified atom stereocenters. The number of phenolic OH excluding ortho intramolecular Hbond substituents is 1. The third-order valence-electron chi connectivity index (χ3n) is 2.87. The predicted molar refractivity (Wildman–Crippen MR) is 81.8 cm³/mol. The van der Waals surface area contributed by atoms with Crippen molar-refractivity contribution >= 4 is 6.09 Å². The van der Waals surface area contributed by atoms with E-state index in [2.05, 4.69) is 5.32 Å². The molecular weight excluding hydrogens is 270 g/mol. The van der Waals surface area contributed by atoms with Crippen molar-refractivity contribution in [2.45, 2.75) is 52.2 Å². The number of aryl methyl sites for hydroxylation is 1. The summed E-state index contributed by atoms with van der Waals surface area (Å²) in [5, 5.41) is 12.3. The van der Waals surface area contributed by atoms with E-state index in [1.165, 1.54) is 7.11 Å². The highest BCUT2D eigenvalue weighted by atomic mass is 16.6. The number of nitrogens with one attached hydrogen (secondary N) is 1. The number of benzene rings is 1. The number of hydrogen-bond acceptors (Lipinski definition) is 4. The van der Waals surface area contributed by atoms with Crippen molar-refractivity contribution in [3.05, 3.63) is 23.8 Å². The van der Waals surface area contributed by atoms with Crippen molar-refractivity contribution in [3.8, 4) is 11.5 Å². The summed E-state index contributed by atoms with van der Waals surface area (Å²) < 4.78 is 10.3. The average Bonchev–Trinajstić information content (AvgIpc) is 2.35. The molecule has 0 aliphatic carbocycles. The Kier molecular flexibility index (Phi) is 5.88. The Morgan fingerprint density at radius 3 is 2.62 bits per heavy atom. The summed E-state index contributed by atoms with van der Waals surface area (Å²) in [5.41, 5.74) is 0.552. The largest absolute Gasteiger partial charge is 0.504 e. The average molecular weight is 295 g/mol. The molecule has 1 aromatic rings. The standard InChI is InChI=1S/C16H25NO4/c1-11(17-15(19)21-16(2,3)4)6-7-12-8-9-13(18)14(10-12)20-5/h8-11,18H,6-7H2,1-5H3,(H,17,19). The van der Waals surface area contributed by atoms with Gasteiger partial charge >= 0.3 is 6.09 Å². The highest BCUT2D eigenvalue weighted by Crippen LogP contribution is 2.26. The minimum Gasteiger partial charge on any atom is -0.504 e. The zero-order valence-corrected chi connectivity index (χ0v) is 13.4. The summed E-state index contributed by atoms with van der Waals surface area (Å²) in [4.78, 5) is 11.6. The number of methoxy groups -OCH3 is 1. The Balaban J connectivity index is 2.46. The molecule has 118 valence electrons. The van der Waals surface area contributed by atoms with Gasteiger partial charge in [-0.25, -0.2) is 4.79 Å². The van der Waals surface area contributed by atoms with E-state index < -0.39 is 11.7 Å². The minimum absolute atomic E-state index is 0.000326. The van der Waals surface area contributed by atoms with Gasteiger partial charge in [0.25, 0.3) is 0 Å². The molecule has 0 heterocycles. The van der Waals surface area contributed by atoms with Crippen molar-refractivity contribution in [2.24, 2.45) is 0 Å². The van der Waals surface area contributed by atoms with Gasteiger partial charge in [-0.2, -0.15) is 0 Å². The first kappa shape index (κ1) is 17.1. The number of carbonyl (C=O) groups is 1. The van der Waals surface area contributed by atoms with Gasteiger partial charge in [-0.15, -0.1) is 0 Å². The van der Waals surface area contributed by atoms with Crippen LogP contribution in [0.2, 0.25) is 0 Å². The first-order chi connectivity index (χ1) is 9.71. The molecule has 0 aliphatic rings. The number of rotatable bonds is 5. The van der Waals surface area contributed by atoms with Crippen LogP contribution in [0.1, 0.15) is 39.7 Å². The number of phenols is 1. The molecule has 0 saturated heterocycles. The summed E-state index contributed by atoms with van der Waals surface area (Å²) in [7, 11) is 1.52. The van der Waals surface area contributed by atoms with Gasteiger partial charge in [0.05, 0.1) is 7.11 Å². The highest BCUT2D eigenvalue weighted by Gasteiger charge is 2.17. The fourth-order valence-electron chi connectivity index (χ4n) is 1.84. The van der Waals surface area contributed by atoms with Crippen LogP contribution >= 0.6 is 0 Å². The fourth-order valence-corrected chi connectivity index (χ4v) is 1.84. The Morgan fingerprint density at radius 2 is 2.05 bits per heavy atom. The van der Waals surface area contributed by atoms with Crippen LogP contribution < -0.4 is 10.1 Å². The molecule has 0 aliphatic heterocycles. The van der Waals surface area contributed by atoms with Crippen molar-refractivity contribution in [1.82, 2.24) is 5.32 Å². The van der Waals surface area contributed by atoms with Crippen LogP contribution in [0, 0.1) is 0 Å². The molecule has 0 fully saturated rings. The van der Waals surface area contributed by atoms with Crippen LogP contribution in [0.3, 0.4) is 0 Å². The van der Waals surface area contributed by atoms with E-state index in [0.717, 1.165) is 18.4 Å². The maximum Gasteiger partial charge on any atom is 0.407 e. The van der Waals surface area contributed by atoms with Gasteiger partial charge in [-0.05, 0) is 58.2 Å². The van der Waals surface area contributed by atoms with E-state index >= 15 is 0 Å². The third kappa shape index (κ3) is 6.38. The second kappa shape index (κ2) is 7.20. The van der Waals surface area contributed by atoms with E-state index in [0.29, 0.717) is 5.75 Å². The summed E-state index contributed by atoms with van der Waals surface area (Å²) in [6, 6.07) is 5.26. The van der Waals surface area contributed by atoms with Gasteiger partial charge < -0.3 is 19.9 Å². The van der Waals surface area contributed by atoms with Crippen molar-refractivity contribution in [3.63, 3.8) is 0 Å². The Bertz CT molecular complexity index is 480.